The van der Waals surface area contributed by atoms with E-state index in [0.717, 1.165) is 17.4 Å². The first-order valence-corrected chi connectivity index (χ1v) is 7.10. The molecule has 2 aromatic rings. The van der Waals surface area contributed by atoms with E-state index in [1.54, 1.807) is 39.5 Å². The van der Waals surface area contributed by atoms with E-state index in [0.29, 0.717) is 35.2 Å². The highest BCUT2D eigenvalue weighted by Crippen LogP contribution is 2.32. The molecule has 23 heavy (non-hydrogen) atoms. The second kappa shape index (κ2) is 7.54. The fourth-order valence-electron chi connectivity index (χ4n) is 2.21. The van der Waals surface area contributed by atoms with Crippen LogP contribution in [0.25, 0.3) is 0 Å². The Morgan fingerprint density at radius 2 is 1.52 bits per heavy atom. The first-order chi connectivity index (χ1) is 11.1. The molecular formula is C18H20O5. The van der Waals surface area contributed by atoms with Crippen LogP contribution in [-0.2, 0) is 6.61 Å². The van der Waals surface area contributed by atoms with Crippen LogP contribution in [0, 0.1) is 6.92 Å². The van der Waals surface area contributed by atoms with Gasteiger partial charge in [0.2, 0.25) is 0 Å². The van der Waals surface area contributed by atoms with Crippen molar-refractivity contribution < 1.29 is 23.7 Å². The molecule has 5 nitrogen and oxygen atoms in total. The van der Waals surface area contributed by atoms with Crippen molar-refractivity contribution in [2.24, 2.45) is 0 Å². The highest BCUT2D eigenvalue weighted by molar-refractivity contribution is 5.76. The molecule has 0 aliphatic carbocycles. The average Bonchev–Trinajstić information content (AvgIpc) is 2.59. The van der Waals surface area contributed by atoms with E-state index in [4.69, 9.17) is 18.9 Å². The fourth-order valence-corrected chi connectivity index (χ4v) is 2.21. The molecule has 0 saturated carbocycles. The van der Waals surface area contributed by atoms with E-state index in [9.17, 15) is 4.79 Å². The quantitative estimate of drug-likeness (QED) is 0.733. The molecule has 0 spiro atoms. The summed E-state index contributed by atoms with van der Waals surface area (Å²) in [7, 11) is 4.75. The molecule has 122 valence electrons. The van der Waals surface area contributed by atoms with Crippen LogP contribution in [0.2, 0.25) is 0 Å². The molecule has 0 saturated heterocycles. The van der Waals surface area contributed by atoms with E-state index >= 15 is 0 Å². The van der Waals surface area contributed by atoms with Crippen molar-refractivity contribution in [1.29, 1.82) is 0 Å². The number of methoxy groups -OCH3 is 3. The number of aldehydes is 1. The highest BCUT2D eigenvalue weighted by Gasteiger charge is 2.11. The Kier molecular flexibility index (Phi) is 5.46. The summed E-state index contributed by atoms with van der Waals surface area (Å²) in [5, 5.41) is 0. The third-order valence-corrected chi connectivity index (χ3v) is 3.55. The summed E-state index contributed by atoms with van der Waals surface area (Å²) in [5.41, 5.74) is 2.51. The molecule has 0 amide bonds. The van der Waals surface area contributed by atoms with Crippen LogP contribution in [0.1, 0.15) is 21.5 Å². The maximum absolute atomic E-state index is 10.9. The predicted octanol–water partition coefficient (Wildman–Crippen LogP) is 3.41. The number of aryl methyl sites for hydroxylation is 1. The molecule has 0 bridgehead atoms. The number of benzene rings is 2. The second-order valence-corrected chi connectivity index (χ2v) is 4.95. The van der Waals surface area contributed by atoms with Gasteiger partial charge in [-0.25, -0.2) is 0 Å². The lowest BCUT2D eigenvalue weighted by molar-refractivity contribution is 0.112. The van der Waals surface area contributed by atoms with Gasteiger partial charge in [0.25, 0.3) is 0 Å². The van der Waals surface area contributed by atoms with Crippen molar-refractivity contribution in [2.45, 2.75) is 13.5 Å². The number of carbonyl (C=O) groups is 1. The molecular weight excluding hydrogens is 296 g/mol. The van der Waals surface area contributed by atoms with Gasteiger partial charge in [-0.1, -0.05) is 0 Å². The summed E-state index contributed by atoms with van der Waals surface area (Å²) in [5.74, 6) is 2.42. The lowest BCUT2D eigenvalue weighted by Crippen LogP contribution is -2.02. The van der Waals surface area contributed by atoms with Gasteiger partial charge in [-0.15, -0.1) is 0 Å². The van der Waals surface area contributed by atoms with Crippen LogP contribution < -0.4 is 18.9 Å². The van der Waals surface area contributed by atoms with Crippen LogP contribution in [-0.4, -0.2) is 27.6 Å². The minimum atomic E-state index is 0.324. The summed E-state index contributed by atoms with van der Waals surface area (Å²) in [6, 6.07) is 8.82. The van der Waals surface area contributed by atoms with Gasteiger partial charge in [0.15, 0.2) is 23.0 Å². The molecule has 5 heteroatoms. The molecule has 0 unspecified atom stereocenters. The molecule has 0 radical (unpaired) electrons. The topological polar surface area (TPSA) is 54.0 Å². The van der Waals surface area contributed by atoms with Gasteiger partial charge in [-0.05, 0) is 48.4 Å². The number of carbonyl (C=O) groups excluding carboxylic acids is 1. The van der Waals surface area contributed by atoms with Gasteiger partial charge < -0.3 is 18.9 Å². The van der Waals surface area contributed by atoms with Gasteiger partial charge in [0.1, 0.15) is 12.9 Å². The molecule has 2 aromatic carbocycles. The maximum atomic E-state index is 10.9. The largest absolute Gasteiger partial charge is 0.493 e. The Morgan fingerprint density at radius 1 is 0.870 bits per heavy atom. The van der Waals surface area contributed by atoms with E-state index in [1.807, 2.05) is 19.1 Å². The first kappa shape index (κ1) is 16.7. The van der Waals surface area contributed by atoms with E-state index in [2.05, 4.69) is 0 Å². The van der Waals surface area contributed by atoms with Crippen LogP contribution in [0.5, 0.6) is 23.0 Å². The van der Waals surface area contributed by atoms with Crippen molar-refractivity contribution >= 4 is 6.29 Å². The molecule has 0 atom stereocenters. The lowest BCUT2D eigenvalue weighted by Gasteiger charge is -2.15. The summed E-state index contributed by atoms with van der Waals surface area (Å²) in [4.78, 5) is 10.9. The molecule has 0 aliphatic rings. The van der Waals surface area contributed by atoms with Crippen molar-refractivity contribution in [2.75, 3.05) is 21.3 Å². The van der Waals surface area contributed by atoms with Gasteiger partial charge in [-0.3, -0.25) is 4.79 Å². The zero-order chi connectivity index (χ0) is 16.8. The zero-order valence-corrected chi connectivity index (χ0v) is 13.7. The third-order valence-electron chi connectivity index (χ3n) is 3.55. The lowest BCUT2D eigenvalue weighted by atomic mass is 10.1. The van der Waals surface area contributed by atoms with E-state index < -0.39 is 0 Å². The van der Waals surface area contributed by atoms with Gasteiger partial charge in [0, 0.05) is 5.56 Å². The van der Waals surface area contributed by atoms with Gasteiger partial charge >= 0.3 is 0 Å². The third kappa shape index (κ3) is 3.74. The Bertz CT molecular complexity index is 694. The Labute approximate surface area is 135 Å². The molecule has 0 N–H and O–H groups in total. The molecule has 0 aliphatic heterocycles. The predicted molar refractivity (Wildman–Crippen MR) is 87.0 cm³/mol. The zero-order valence-electron chi connectivity index (χ0n) is 13.7. The van der Waals surface area contributed by atoms with Crippen LogP contribution in [0.3, 0.4) is 0 Å². The standard InChI is InChI=1S/C18H20O5/c1-12-7-16(21-3)17(22-4)9-14(12)11-23-18-8-13(10-19)5-6-15(18)20-2/h5-10H,11H2,1-4H3. The van der Waals surface area contributed by atoms with Crippen molar-refractivity contribution in [3.8, 4) is 23.0 Å². The molecule has 2 rings (SSSR count). The van der Waals surface area contributed by atoms with E-state index in [1.165, 1.54) is 0 Å². The Hall–Kier alpha value is -2.69. The van der Waals surface area contributed by atoms with Gasteiger partial charge in [0.05, 0.1) is 21.3 Å². The number of rotatable bonds is 7. The number of ether oxygens (including phenoxy) is 4. The summed E-state index contributed by atoms with van der Waals surface area (Å²) >= 11 is 0. The molecule has 0 heterocycles. The van der Waals surface area contributed by atoms with Crippen LogP contribution in [0.15, 0.2) is 30.3 Å². The Balaban J connectivity index is 2.25. The second-order valence-electron chi connectivity index (χ2n) is 4.95. The first-order valence-electron chi connectivity index (χ1n) is 7.10. The highest BCUT2D eigenvalue weighted by atomic mass is 16.5. The van der Waals surface area contributed by atoms with Crippen molar-refractivity contribution in [3.63, 3.8) is 0 Å². The monoisotopic (exact) mass is 316 g/mol. The van der Waals surface area contributed by atoms with Crippen LogP contribution >= 0.6 is 0 Å². The molecule has 0 aromatic heterocycles. The van der Waals surface area contributed by atoms with Gasteiger partial charge in [-0.2, -0.15) is 0 Å². The smallest absolute Gasteiger partial charge is 0.162 e. The van der Waals surface area contributed by atoms with Crippen molar-refractivity contribution in [1.82, 2.24) is 0 Å². The maximum Gasteiger partial charge on any atom is 0.162 e. The minimum Gasteiger partial charge on any atom is -0.493 e. The summed E-state index contributed by atoms with van der Waals surface area (Å²) in [6.45, 7) is 2.30. The summed E-state index contributed by atoms with van der Waals surface area (Å²) < 4.78 is 21.7. The van der Waals surface area contributed by atoms with E-state index in [-0.39, 0.29) is 0 Å². The Morgan fingerprint density at radius 3 is 2.13 bits per heavy atom. The van der Waals surface area contributed by atoms with Crippen molar-refractivity contribution in [3.05, 3.63) is 47.0 Å². The number of hydrogen-bond donors (Lipinski definition) is 0. The number of hydrogen-bond acceptors (Lipinski definition) is 5. The normalized spacial score (nSPS) is 10.1. The minimum absolute atomic E-state index is 0.324. The fraction of sp³-hybridized carbons (Fsp3) is 0.278. The average molecular weight is 316 g/mol. The van der Waals surface area contributed by atoms with Crippen LogP contribution in [0.4, 0.5) is 0 Å². The SMILES string of the molecule is COc1cc(C)c(COc2cc(C=O)ccc2OC)cc1OC. The molecule has 0 fully saturated rings. The summed E-state index contributed by atoms with van der Waals surface area (Å²) in [6.07, 6.45) is 0.772.